The van der Waals surface area contributed by atoms with Crippen LogP contribution in [0.15, 0.2) is 36.7 Å². The first-order chi connectivity index (χ1) is 12.5. The van der Waals surface area contributed by atoms with Gasteiger partial charge >= 0.3 is 0 Å². The Morgan fingerprint density at radius 1 is 1.32 bits per heavy atom. The Hall–Kier alpha value is -1.63. The zero-order valence-corrected chi connectivity index (χ0v) is 17.7. The number of nitrogens with zero attached hydrogens (tertiary/aromatic N) is 2. The Balaban J connectivity index is 0.00000196. The molecule has 1 fully saturated rings. The first-order valence-electron chi connectivity index (χ1n) is 9.25. The molecule has 5 nitrogen and oxygen atoms in total. The molecular formula is C20H29Cl2FN4O. The lowest BCUT2D eigenvalue weighted by molar-refractivity contribution is -0.124. The topological polar surface area (TPSA) is 72.9 Å². The zero-order valence-electron chi connectivity index (χ0n) is 16.1. The van der Waals surface area contributed by atoms with Gasteiger partial charge in [0.05, 0.1) is 0 Å². The molecule has 1 saturated carbocycles. The minimum Gasteiger partial charge on any atom is -0.342 e. The number of carbonyl (C=O) groups is 1. The average molecular weight is 431 g/mol. The van der Waals surface area contributed by atoms with Crippen LogP contribution in [0.3, 0.4) is 0 Å². The molecule has 28 heavy (non-hydrogen) atoms. The summed E-state index contributed by atoms with van der Waals surface area (Å²) in [6.07, 6.45) is 9.33. The summed E-state index contributed by atoms with van der Waals surface area (Å²) in [6.45, 7) is 0.521. The zero-order chi connectivity index (χ0) is 18.6. The smallest absolute Gasteiger partial charge is 0.221 e. The fourth-order valence-corrected chi connectivity index (χ4v) is 3.95. The summed E-state index contributed by atoms with van der Waals surface area (Å²) in [5, 5.41) is 3.07. The molecule has 1 aromatic heterocycles. The van der Waals surface area contributed by atoms with Gasteiger partial charge in [0.1, 0.15) is 17.7 Å². The quantitative estimate of drug-likeness (QED) is 0.729. The molecule has 1 aliphatic rings. The highest BCUT2D eigenvalue weighted by molar-refractivity contribution is 5.85. The van der Waals surface area contributed by atoms with Crippen LogP contribution in [0, 0.1) is 11.2 Å². The fourth-order valence-electron chi connectivity index (χ4n) is 3.95. The molecule has 3 N–H and O–H groups in total. The van der Waals surface area contributed by atoms with Crippen LogP contribution >= 0.6 is 24.8 Å². The number of nitrogens with one attached hydrogen (secondary N) is 1. The van der Waals surface area contributed by atoms with Crippen molar-refractivity contribution in [1.29, 1.82) is 0 Å². The van der Waals surface area contributed by atoms with E-state index in [-0.39, 0.29) is 42.0 Å². The number of amides is 1. The molecule has 0 radical (unpaired) electrons. The fraction of sp³-hybridized carbons (Fsp3) is 0.500. The Bertz CT molecular complexity index is 762. The van der Waals surface area contributed by atoms with Crippen molar-refractivity contribution in [2.24, 2.45) is 18.2 Å². The lowest BCUT2D eigenvalue weighted by Crippen LogP contribution is -2.40. The molecule has 1 aromatic carbocycles. The predicted octanol–water partition coefficient (Wildman–Crippen LogP) is 3.91. The normalized spacial score (nSPS) is 16.4. The number of rotatable bonds is 6. The number of benzene rings is 1. The number of aromatic nitrogens is 2. The average Bonchev–Trinajstić information content (AvgIpc) is 3.06. The minimum absolute atomic E-state index is 0. The summed E-state index contributed by atoms with van der Waals surface area (Å²) in [7, 11) is 1.86. The van der Waals surface area contributed by atoms with E-state index >= 15 is 0 Å². The van der Waals surface area contributed by atoms with Gasteiger partial charge in [-0.3, -0.25) is 4.79 Å². The van der Waals surface area contributed by atoms with E-state index in [0.717, 1.165) is 25.7 Å². The van der Waals surface area contributed by atoms with Gasteiger partial charge in [0.2, 0.25) is 5.91 Å². The second-order valence-corrected chi connectivity index (χ2v) is 7.39. The van der Waals surface area contributed by atoms with Crippen molar-refractivity contribution < 1.29 is 9.18 Å². The molecule has 1 amide bonds. The van der Waals surface area contributed by atoms with E-state index in [1.807, 2.05) is 23.9 Å². The molecule has 1 unspecified atom stereocenters. The van der Waals surface area contributed by atoms with Crippen LogP contribution in [-0.4, -0.2) is 22.0 Å². The largest absolute Gasteiger partial charge is 0.342 e. The molecule has 1 heterocycles. The summed E-state index contributed by atoms with van der Waals surface area (Å²) < 4.78 is 15.6. The van der Waals surface area contributed by atoms with Crippen molar-refractivity contribution in [2.75, 3.05) is 6.54 Å². The highest BCUT2D eigenvalue weighted by Crippen LogP contribution is 2.38. The molecule has 0 saturated heterocycles. The Labute approximate surface area is 178 Å². The molecule has 0 bridgehead atoms. The van der Waals surface area contributed by atoms with Crippen LogP contribution in [-0.2, 0) is 11.8 Å². The number of aryl methyl sites for hydroxylation is 1. The molecule has 1 atom stereocenters. The number of hydrogen-bond donors (Lipinski definition) is 2. The van der Waals surface area contributed by atoms with Gasteiger partial charge in [-0.05, 0) is 42.5 Å². The SMILES string of the molecule is Cl.Cl.Cn1ccnc1C(NC(=O)CC1(CN)CCCCC1)c1cccc(F)c1. The van der Waals surface area contributed by atoms with Gasteiger partial charge in [-0.1, -0.05) is 31.4 Å². The maximum absolute atomic E-state index is 13.7. The van der Waals surface area contributed by atoms with Crippen LogP contribution < -0.4 is 11.1 Å². The molecule has 3 rings (SSSR count). The van der Waals surface area contributed by atoms with Crippen molar-refractivity contribution in [3.05, 3.63) is 53.9 Å². The van der Waals surface area contributed by atoms with Crippen molar-refractivity contribution >= 4 is 30.7 Å². The van der Waals surface area contributed by atoms with E-state index in [1.165, 1.54) is 18.6 Å². The van der Waals surface area contributed by atoms with Crippen molar-refractivity contribution in [3.63, 3.8) is 0 Å². The maximum atomic E-state index is 13.7. The lowest BCUT2D eigenvalue weighted by atomic mass is 9.71. The maximum Gasteiger partial charge on any atom is 0.221 e. The van der Waals surface area contributed by atoms with Gasteiger partial charge in [-0.2, -0.15) is 0 Å². The highest BCUT2D eigenvalue weighted by atomic mass is 35.5. The van der Waals surface area contributed by atoms with Gasteiger partial charge in [0.15, 0.2) is 0 Å². The molecular weight excluding hydrogens is 402 g/mol. The third-order valence-corrected chi connectivity index (χ3v) is 5.49. The van der Waals surface area contributed by atoms with Gasteiger partial charge in [-0.15, -0.1) is 24.8 Å². The van der Waals surface area contributed by atoms with E-state index < -0.39 is 6.04 Å². The number of imidazole rings is 1. The first-order valence-corrected chi connectivity index (χ1v) is 9.25. The molecule has 1 aliphatic carbocycles. The monoisotopic (exact) mass is 430 g/mol. The second-order valence-electron chi connectivity index (χ2n) is 7.39. The Morgan fingerprint density at radius 2 is 2.04 bits per heavy atom. The van der Waals surface area contributed by atoms with Gasteiger partial charge in [0, 0.05) is 25.9 Å². The van der Waals surface area contributed by atoms with E-state index in [4.69, 9.17) is 5.73 Å². The van der Waals surface area contributed by atoms with Crippen LogP contribution in [0.25, 0.3) is 0 Å². The molecule has 0 aliphatic heterocycles. The summed E-state index contributed by atoms with van der Waals surface area (Å²) in [4.78, 5) is 17.2. The second kappa shape index (κ2) is 10.8. The van der Waals surface area contributed by atoms with Crippen molar-refractivity contribution in [1.82, 2.24) is 14.9 Å². The van der Waals surface area contributed by atoms with Crippen molar-refractivity contribution in [3.8, 4) is 0 Å². The Kier molecular flexibility index (Phi) is 9.40. The summed E-state index contributed by atoms with van der Waals surface area (Å²) in [6, 6.07) is 5.80. The summed E-state index contributed by atoms with van der Waals surface area (Å²) in [5.74, 6) is 0.283. The Morgan fingerprint density at radius 3 is 2.61 bits per heavy atom. The highest BCUT2D eigenvalue weighted by Gasteiger charge is 2.34. The van der Waals surface area contributed by atoms with Crippen LogP contribution in [0.1, 0.15) is 56.0 Å². The lowest BCUT2D eigenvalue weighted by Gasteiger charge is -2.36. The van der Waals surface area contributed by atoms with E-state index in [2.05, 4.69) is 10.3 Å². The standard InChI is InChI=1S/C20H27FN4O.2ClH/c1-25-11-10-23-19(25)18(15-6-5-7-16(21)12-15)24-17(26)13-20(14-22)8-3-2-4-9-20;;/h5-7,10-12,18H,2-4,8-9,13-14,22H2,1H3,(H,24,26);2*1H. The molecule has 156 valence electrons. The number of carbonyl (C=O) groups excluding carboxylic acids is 1. The number of hydrogen-bond acceptors (Lipinski definition) is 3. The molecule has 2 aromatic rings. The third kappa shape index (κ3) is 5.69. The van der Waals surface area contributed by atoms with E-state index in [9.17, 15) is 9.18 Å². The first kappa shape index (κ1) is 24.4. The van der Waals surface area contributed by atoms with Gasteiger partial charge in [0.25, 0.3) is 0 Å². The number of nitrogens with two attached hydrogens (primary N) is 1. The summed E-state index contributed by atoms with van der Waals surface area (Å²) >= 11 is 0. The van der Waals surface area contributed by atoms with Crippen LogP contribution in [0.5, 0.6) is 0 Å². The van der Waals surface area contributed by atoms with E-state index in [0.29, 0.717) is 24.4 Å². The molecule has 0 spiro atoms. The van der Waals surface area contributed by atoms with Crippen LogP contribution in [0.4, 0.5) is 4.39 Å². The summed E-state index contributed by atoms with van der Waals surface area (Å²) in [5.41, 5.74) is 6.59. The number of halogens is 3. The third-order valence-electron chi connectivity index (χ3n) is 5.49. The minimum atomic E-state index is -0.489. The molecule has 8 heteroatoms. The van der Waals surface area contributed by atoms with Gasteiger partial charge < -0.3 is 15.6 Å². The van der Waals surface area contributed by atoms with Gasteiger partial charge in [-0.25, -0.2) is 9.37 Å². The van der Waals surface area contributed by atoms with E-state index in [1.54, 1.807) is 12.3 Å². The van der Waals surface area contributed by atoms with Crippen molar-refractivity contribution in [2.45, 2.75) is 44.6 Å². The van der Waals surface area contributed by atoms with Crippen LogP contribution in [0.2, 0.25) is 0 Å². The predicted molar refractivity (Wildman–Crippen MR) is 113 cm³/mol.